The average molecular weight is 331 g/mol. The molecule has 3 rings (SSSR count). The Morgan fingerprint density at radius 2 is 1.83 bits per heavy atom. The molecule has 0 aliphatic rings. The molecule has 122 valence electrons. The van der Waals surface area contributed by atoms with Crippen LogP contribution in [-0.4, -0.2) is 17.6 Å². The maximum atomic E-state index is 5.92. The van der Waals surface area contributed by atoms with Gasteiger partial charge >= 0.3 is 0 Å². The van der Waals surface area contributed by atoms with Crippen molar-refractivity contribution in [2.45, 2.75) is 26.3 Å². The Balaban J connectivity index is 0.00000192. The van der Waals surface area contributed by atoms with Crippen molar-refractivity contribution in [3.8, 4) is 11.5 Å². The van der Waals surface area contributed by atoms with Gasteiger partial charge in [0.15, 0.2) is 0 Å². The van der Waals surface area contributed by atoms with E-state index in [4.69, 9.17) is 4.74 Å². The van der Waals surface area contributed by atoms with E-state index in [1.165, 1.54) is 10.9 Å². The third-order valence-electron chi connectivity index (χ3n) is 3.66. The lowest BCUT2D eigenvalue weighted by Crippen LogP contribution is -2.24. The Morgan fingerprint density at radius 3 is 2.57 bits per heavy atom. The highest BCUT2D eigenvalue weighted by atomic mass is 35.5. The first-order valence-corrected chi connectivity index (χ1v) is 7.78. The van der Waals surface area contributed by atoms with E-state index in [0.29, 0.717) is 6.04 Å². The minimum Gasteiger partial charge on any atom is -0.457 e. The maximum absolute atomic E-state index is 5.92. The van der Waals surface area contributed by atoms with E-state index in [0.717, 1.165) is 30.0 Å². The second-order valence-electron chi connectivity index (χ2n) is 5.80. The fourth-order valence-corrected chi connectivity index (χ4v) is 2.55. The number of H-pyrrole nitrogens is 1. The summed E-state index contributed by atoms with van der Waals surface area (Å²) in [7, 11) is 0. The molecule has 0 unspecified atom stereocenters. The van der Waals surface area contributed by atoms with E-state index >= 15 is 0 Å². The van der Waals surface area contributed by atoms with Crippen LogP contribution in [0.2, 0.25) is 0 Å². The van der Waals surface area contributed by atoms with E-state index < -0.39 is 0 Å². The fraction of sp³-hybridized carbons (Fsp3) is 0.263. The number of hydrogen-bond acceptors (Lipinski definition) is 2. The molecule has 0 bridgehead atoms. The summed E-state index contributed by atoms with van der Waals surface area (Å²) in [6.07, 6.45) is 3.10. The van der Waals surface area contributed by atoms with Crippen molar-refractivity contribution in [2.75, 3.05) is 6.54 Å². The molecule has 0 radical (unpaired) electrons. The minimum absolute atomic E-state index is 0. The summed E-state index contributed by atoms with van der Waals surface area (Å²) < 4.78 is 5.92. The molecule has 3 aromatic rings. The molecule has 2 N–H and O–H groups in total. The molecule has 1 aromatic heterocycles. The van der Waals surface area contributed by atoms with Crippen LogP contribution in [0, 0.1) is 0 Å². The van der Waals surface area contributed by atoms with Crippen molar-refractivity contribution >= 4 is 23.3 Å². The lowest BCUT2D eigenvalue weighted by molar-refractivity contribution is 0.483. The van der Waals surface area contributed by atoms with Crippen molar-refractivity contribution in [3.63, 3.8) is 0 Å². The first kappa shape index (κ1) is 17.4. The molecule has 2 aromatic carbocycles. The molecule has 0 fully saturated rings. The minimum atomic E-state index is 0. The van der Waals surface area contributed by atoms with E-state index in [1.807, 2.05) is 36.4 Å². The van der Waals surface area contributed by atoms with Gasteiger partial charge in [-0.3, -0.25) is 0 Å². The SMILES string of the molecule is CC(C)NCCc1c[nH]c2ccc(Oc3ccccc3)cc12.Cl. The van der Waals surface area contributed by atoms with Gasteiger partial charge in [0.05, 0.1) is 0 Å². The smallest absolute Gasteiger partial charge is 0.128 e. The summed E-state index contributed by atoms with van der Waals surface area (Å²) in [6, 6.07) is 16.6. The average Bonchev–Trinajstić information content (AvgIpc) is 2.91. The zero-order chi connectivity index (χ0) is 15.4. The second-order valence-corrected chi connectivity index (χ2v) is 5.80. The van der Waals surface area contributed by atoms with Gasteiger partial charge in [-0.2, -0.15) is 0 Å². The van der Waals surface area contributed by atoms with Crippen LogP contribution in [0.1, 0.15) is 19.4 Å². The predicted molar refractivity (Wildman–Crippen MR) is 98.9 cm³/mol. The second kappa shape index (κ2) is 8.04. The maximum Gasteiger partial charge on any atom is 0.128 e. The van der Waals surface area contributed by atoms with Crippen LogP contribution < -0.4 is 10.1 Å². The number of nitrogens with one attached hydrogen (secondary N) is 2. The van der Waals surface area contributed by atoms with E-state index in [2.05, 4.69) is 42.5 Å². The van der Waals surface area contributed by atoms with Gasteiger partial charge in [-0.15, -0.1) is 12.4 Å². The van der Waals surface area contributed by atoms with Crippen molar-refractivity contribution in [1.29, 1.82) is 0 Å². The van der Waals surface area contributed by atoms with Gasteiger partial charge in [0.2, 0.25) is 0 Å². The number of para-hydroxylation sites is 1. The van der Waals surface area contributed by atoms with Crippen LogP contribution in [0.5, 0.6) is 11.5 Å². The lowest BCUT2D eigenvalue weighted by Gasteiger charge is -2.08. The van der Waals surface area contributed by atoms with Crippen molar-refractivity contribution < 1.29 is 4.74 Å². The number of aromatic nitrogens is 1. The first-order chi connectivity index (χ1) is 10.7. The number of rotatable bonds is 6. The zero-order valence-electron chi connectivity index (χ0n) is 13.5. The Hall–Kier alpha value is -1.97. The summed E-state index contributed by atoms with van der Waals surface area (Å²) in [6.45, 7) is 5.32. The van der Waals surface area contributed by atoms with Crippen LogP contribution in [0.25, 0.3) is 10.9 Å². The molecule has 1 heterocycles. The monoisotopic (exact) mass is 330 g/mol. The summed E-state index contributed by atoms with van der Waals surface area (Å²) >= 11 is 0. The highest BCUT2D eigenvalue weighted by Gasteiger charge is 2.06. The topological polar surface area (TPSA) is 37.0 Å². The van der Waals surface area contributed by atoms with Crippen LogP contribution in [0.3, 0.4) is 0 Å². The summed E-state index contributed by atoms with van der Waals surface area (Å²) in [5.74, 6) is 1.73. The molecule has 0 saturated heterocycles. The zero-order valence-corrected chi connectivity index (χ0v) is 14.3. The third kappa shape index (κ3) is 4.50. The molecule has 0 aliphatic carbocycles. The number of hydrogen-bond donors (Lipinski definition) is 2. The molecule has 0 aliphatic heterocycles. The highest BCUT2D eigenvalue weighted by Crippen LogP contribution is 2.27. The molecule has 0 atom stereocenters. The molecule has 4 heteroatoms. The number of fused-ring (bicyclic) bond motifs is 1. The highest BCUT2D eigenvalue weighted by molar-refractivity contribution is 5.85. The molecule has 0 saturated carbocycles. The number of ether oxygens (including phenoxy) is 1. The Labute approximate surface area is 143 Å². The first-order valence-electron chi connectivity index (χ1n) is 7.78. The molecular formula is C19H23ClN2O. The largest absolute Gasteiger partial charge is 0.457 e. The Kier molecular flexibility index (Phi) is 6.08. The van der Waals surface area contributed by atoms with Crippen LogP contribution >= 0.6 is 12.4 Å². The molecule has 0 spiro atoms. The van der Waals surface area contributed by atoms with E-state index in [-0.39, 0.29) is 12.4 Å². The Bertz CT molecular complexity index is 737. The van der Waals surface area contributed by atoms with Crippen molar-refractivity contribution in [1.82, 2.24) is 10.3 Å². The van der Waals surface area contributed by atoms with E-state index in [1.54, 1.807) is 0 Å². The number of halogens is 1. The van der Waals surface area contributed by atoms with Gasteiger partial charge < -0.3 is 15.0 Å². The van der Waals surface area contributed by atoms with Crippen LogP contribution in [0.4, 0.5) is 0 Å². The molecule has 0 amide bonds. The summed E-state index contributed by atoms with van der Waals surface area (Å²) in [5.41, 5.74) is 2.47. The molecule has 3 nitrogen and oxygen atoms in total. The van der Waals surface area contributed by atoms with E-state index in [9.17, 15) is 0 Å². The predicted octanol–water partition coefficient (Wildman–Crippen LogP) is 4.92. The van der Waals surface area contributed by atoms with Gasteiger partial charge in [0, 0.05) is 23.1 Å². The summed E-state index contributed by atoms with van der Waals surface area (Å²) in [5, 5.41) is 4.69. The van der Waals surface area contributed by atoms with Crippen LogP contribution in [0.15, 0.2) is 54.7 Å². The Morgan fingerprint density at radius 1 is 1.04 bits per heavy atom. The summed E-state index contributed by atoms with van der Waals surface area (Å²) in [4.78, 5) is 3.33. The lowest BCUT2D eigenvalue weighted by atomic mass is 10.1. The van der Waals surface area contributed by atoms with Gasteiger partial charge in [0.25, 0.3) is 0 Å². The number of aromatic amines is 1. The number of benzene rings is 2. The fourth-order valence-electron chi connectivity index (χ4n) is 2.55. The van der Waals surface area contributed by atoms with Gasteiger partial charge in [-0.05, 0) is 48.9 Å². The third-order valence-corrected chi connectivity index (χ3v) is 3.66. The quantitative estimate of drug-likeness (QED) is 0.673. The molecular weight excluding hydrogens is 308 g/mol. The standard InChI is InChI=1S/C19H22N2O.ClH/c1-14(2)20-11-10-15-13-21-19-9-8-17(12-18(15)19)22-16-6-4-3-5-7-16;/h3-9,12-14,20-21H,10-11H2,1-2H3;1H. The van der Waals surface area contributed by atoms with Gasteiger partial charge in [0.1, 0.15) is 11.5 Å². The normalized spacial score (nSPS) is 10.7. The van der Waals surface area contributed by atoms with Gasteiger partial charge in [-0.1, -0.05) is 32.0 Å². The van der Waals surface area contributed by atoms with Crippen molar-refractivity contribution in [3.05, 3.63) is 60.3 Å². The van der Waals surface area contributed by atoms with Crippen LogP contribution in [-0.2, 0) is 6.42 Å². The van der Waals surface area contributed by atoms with Gasteiger partial charge in [-0.25, -0.2) is 0 Å². The van der Waals surface area contributed by atoms with Crippen molar-refractivity contribution in [2.24, 2.45) is 0 Å². The molecule has 23 heavy (non-hydrogen) atoms.